The van der Waals surface area contributed by atoms with Crippen molar-refractivity contribution in [1.82, 2.24) is 0 Å². The average Bonchev–Trinajstić information content (AvgIpc) is 2.32. The molecule has 1 rings (SSSR count). The summed E-state index contributed by atoms with van der Waals surface area (Å²) in [5, 5.41) is 0. The van der Waals surface area contributed by atoms with Crippen molar-refractivity contribution in [3.8, 4) is 0 Å². The standard InChI is InChI=1S/C6H10O.C5H10O3.C3H6/c7-6-4-2-1-3-5-6;1-5(6)8-4-3-7-2;1-3-2/h1-5H2;3-4H2,1-2H3;3H,1H2,2H3. The van der Waals surface area contributed by atoms with Crippen molar-refractivity contribution in [2.24, 2.45) is 0 Å². The van der Waals surface area contributed by atoms with E-state index in [-0.39, 0.29) is 5.97 Å². The fourth-order valence-electron chi connectivity index (χ4n) is 1.21. The molecule has 0 N–H and O–H groups in total. The SMILES string of the molecule is C=CC.COCCOC(C)=O.O=C1CCCCC1. The summed E-state index contributed by atoms with van der Waals surface area (Å²) in [5.41, 5.74) is 0. The van der Waals surface area contributed by atoms with Crippen LogP contribution in [0, 0.1) is 0 Å². The number of esters is 1. The molecule has 4 nitrogen and oxygen atoms in total. The highest BCUT2D eigenvalue weighted by Gasteiger charge is 2.05. The highest BCUT2D eigenvalue weighted by Crippen LogP contribution is 2.12. The Morgan fingerprint density at radius 3 is 2.06 bits per heavy atom. The minimum absolute atomic E-state index is 0.262. The van der Waals surface area contributed by atoms with Gasteiger partial charge in [-0.2, -0.15) is 0 Å². The number of carbonyl (C=O) groups excluding carboxylic acids is 2. The van der Waals surface area contributed by atoms with Crippen LogP contribution in [0.3, 0.4) is 0 Å². The number of carbonyl (C=O) groups is 2. The highest BCUT2D eigenvalue weighted by molar-refractivity contribution is 5.78. The number of hydrogen-bond donors (Lipinski definition) is 0. The van der Waals surface area contributed by atoms with E-state index < -0.39 is 0 Å². The second-order valence-electron chi connectivity index (χ2n) is 3.84. The highest BCUT2D eigenvalue weighted by atomic mass is 16.6. The monoisotopic (exact) mass is 258 g/mol. The van der Waals surface area contributed by atoms with Crippen LogP contribution in [-0.4, -0.2) is 32.1 Å². The molecule has 1 saturated carbocycles. The molecule has 18 heavy (non-hydrogen) atoms. The van der Waals surface area contributed by atoms with Crippen LogP contribution in [0.25, 0.3) is 0 Å². The van der Waals surface area contributed by atoms with Crippen LogP contribution >= 0.6 is 0 Å². The Morgan fingerprint density at radius 2 is 1.78 bits per heavy atom. The van der Waals surface area contributed by atoms with Gasteiger partial charge in [-0.3, -0.25) is 9.59 Å². The van der Waals surface area contributed by atoms with Crippen LogP contribution in [0.5, 0.6) is 0 Å². The first-order valence-electron chi connectivity index (χ1n) is 6.29. The quantitative estimate of drug-likeness (QED) is 0.444. The van der Waals surface area contributed by atoms with Gasteiger partial charge in [-0.25, -0.2) is 0 Å². The fraction of sp³-hybridized carbons (Fsp3) is 0.714. The summed E-state index contributed by atoms with van der Waals surface area (Å²) in [6.07, 6.45) is 6.99. The van der Waals surface area contributed by atoms with E-state index in [1.54, 1.807) is 13.2 Å². The van der Waals surface area contributed by atoms with E-state index >= 15 is 0 Å². The molecule has 1 fully saturated rings. The molecule has 0 unspecified atom stereocenters. The van der Waals surface area contributed by atoms with Gasteiger partial charge >= 0.3 is 5.97 Å². The van der Waals surface area contributed by atoms with E-state index in [0.29, 0.717) is 19.0 Å². The van der Waals surface area contributed by atoms with Crippen molar-refractivity contribution in [3.63, 3.8) is 0 Å². The Kier molecular flexibility index (Phi) is 16.9. The van der Waals surface area contributed by atoms with Crippen LogP contribution in [-0.2, 0) is 19.1 Å². The number of Topliss-reactive ketones (excluding diaryl/α,β-unsaturated/α-hetero) is 1. The number of allylic oxidation sites excluding steroid dienone is 1. The van der Waals surface area contributed by atoms with E-state index in [4.69, 9.17) is 0 Å². The Morgan fingerprint density at radius 1 is 1.28 bits per heavy atom. The Bertz CT molecular complexity index is 216. The fourth-order valence-corrected chi connectivity index (χ4v) is 1.21. The summed E-state index contributed by atoms with van der Waals surface area (Å²) in [6, 6.07) is 0. The van der Waals surface area contributed by atoms with Gasteiger partial charge in [0.15, 0.2) is 0 Å². The van der Waals surface area contributed by atoms with Gasteiger partial charge in [-0.15, -0.1) is 6.58 Å². The van der Waals surface area contributed by atoms with Crippen LogP contribution < -0.4 is 0 Å². The van der Waals surface area contributed by atoms with Gasteiger partial charge in [0.2, 0.25) is 0 Å². The first-order chi connectivity index (χ1) is 8.58. The Balaban J connectivity index is 0. The van der Waals surface area contributed by atoms with Crippen molar-refractivity contribution in [3.05, 3.63) is 12.7 Å². The summed E-state index contributed by atoms with van der Waals surface area (Å²) in [7, 11) is 1.56. The van der Waals surface area contributed by atoms with E-state index in [0.717, 1.165) is 25.7 Å². The lowest BCUT2D eigenvalue weighted by molar-refractivity contribution is -0.142. The zero-order valence-electron chi connectivity index (χ0n) is 11.9. The summed E-state index contributed by atoms with van der Waals surface area (Å²) >= 11 is 0. The molecular formula is C14H26O4. The van der Waals surface area contributed by atoms with E-state index in [9.17, 15) is 9.59 Å². The topological polar surface area (TPSA) is 52.6 Å². The maximum Gasteiger partial charge on any atom is 0.302 e. The van der Waals surface area contributed by atoms with Crippen molar-refractivity contribution >= 4 is 11.8 Å². The average molecular weight is 258 g/mol. The lowest BCUT2D eigenvalue weighted by atomic mass is 10.00. The molecule has 0 radical (unpaired) electrons. The van der Waals surface area contributed by atoms with Crippen molar-refractivity contribution in [2.75, 3.05) is 20.3 Å². The van der Waals surface area contributed by atoms with E-state index in [1.165, 1.54) is 13.3 Å². The Labute approximate surface area is 110 Å². The zero-order chi connectivity index (χ0) is 14.2. The van der Waals surface area contributed by atoms with Crippen molar-refractivity contribution in [1.29, 1.82) is 0 Å². The molecule has 0 heterocycles. The molecule has 106 valence electrons. The van der Waals surface area contributed by atoms with Crippen LogP contribution in [0.1, 0.15) is 46.0 Å². The van der Waals surface area contributed by atoms with Gasteiger partial charge in [-0.05, 0) is 19.8 Å². The van der Waals surface area contributed by atoms with Gasteiger partial charge in [0, 0.05) is 26.9 Å². The largest absolute Gasteiger partial charge is 0.463 e. The lowest BCUT2D eigenvalue weighted by Crippen LogP contribution is -2.05. The lowest BCUT2D eigenvalue weighted by Gasteiger charge is -2.05. The molecule has 0 spiro atoms. The van der Waals surface area contributed by atoms with E-state index in [1.807, 2.05) is 6.92 Å². The normalized spacial score (nSPS) is 13.4. The van der Waals surface area contributed by atoms with Gasteiger partial charge in [0.05, 0.1) is 6.61 Å². The van der Waals surface area contributed by atoms with Gasteiger partial charge in [0.25, 0.3) is 0 Å². The smallest absolute Gasteiger partial charge is 0.302 e. The van der Waals surface area contributed by atoms with Crippen LogP contribution in [0.4, 0.5) is 0 Å². The minimum Gasteiger partial charge on any atom is -0.463 e. The van der Waals surface area contributed by atoms with Gasteiger partial charge in [-0.1, -0.05) is 12.5 Å². The molecule has 0 bridgehead atoms. The molecular weight excluding hydrogens is 232 g/mol. The predicted molar refractivity (Wildman–Crippen MR) is 72.5 cm³/mol. The third-order valence-electron chi connectivity index (χ3n) is 2.00. The number of methoxy groups -OCH3 is 1. The molecule has 0 atom stereocenters. The summed E-state index contributed by atoms with van der Waals surface area (Å²) in [4.78, 5) is 20.5. The first kappa shape index (κ1) is 19.2. The van der Waals surface area contributed by atoms with Crippen molar-refractivity contribution in [2.45, 2.75) is 46.0 Å². The molecule has 1 aliphatic carbocycles. The number of rotatable bonds is 3. The van der Waals surface area contributed by atoms with E-state index in [2.05, 4.69) is 16.1 Å². The molecule has 0 aliphatic heterocycles. The minimum atomic E-state index is -0.262. The number of ether oxygens (including phenoxy) is 2. The van der Waals surface area contributed by atoms with Gasteiger partial charge < -0.3 is 9.47 Å². The summed E-state index contributed by atoms with van der Waals surface area (Å²) in [6.45, 7) is 7.45. The van der Waals surface area contributed by atoms with Crippen LogP contribution in [0.15, 0.2) is 12.7 Å². The molecule has 0 aromatic rings. The zero-order valence-corrected chi connectivity index (χ0v) is 11.9. The predicted octanol–water partition coefficient (Wildman–Crippen LogP) is 2.91. The molecule has 0 aromatic heterocycles. The second kappa shape index (κ2) is 15.8. The molecule has 0 saturated heterocycles. The molecule has 4 heteroatoms. The number of ketones is 1. The number of hydrogen-bond acceptors (Lipinski definition) is 4. The summed E-state index contributed by atoms with van der Waals surface area (Å²) in [5.74, 6) is 0.202. The van der Waals surface area contributed by atoms with Crippen molar-refractivity contribution < 1.29 is 19.1 Å². The third kappa shape index (κ3) is 20.3. The maximum atomic E-state index is 10.5. The second-order valence-corrected chi connectivity index (χ2v) is 3.84. The molecule has 1 aliphatic rings. The molecule has 0 amide bonds. The molecule has 0 aromatic carbocycles. The summed E-state index contributed by atoms with van der Waals surface area (Å²) < 4.78 is 9.13. The van der Waals surface area contributed by atoms with Gasteiger partial charge in [0.1, 0.15) is 12.4 Å². The first-order valence-corrected chi connectivity index (χ1v) is 6.29. The van der Waals surface area contributed by atoms with Crippen LogP contribution in [0.2, 0.25) is 0 Å². The maximum absolute atomic E-state index is 10.5. The Hall–Kier alpha value is -1.16. The third-order valence-corrected chi connectivity index (χ3v) is 2.00.